The predicted molar refractivity (Wildman–Crippen MR) is 125 cm³/mol. The zero-order valence-corrected chi connectivity index (χ0v) is 20.1. The molecule has 9 heteroatoms. The summed E-state index contributed by atoms with van der Waals surface area (Å²) in [6.07, 6.45) is 0.821. The van der Waals surface area contributed by atoms with E-state index in [1.165, 1.54) is 28.4 Å². The molecule has 1 heterocycles. The molecule has 1 amide bonds. The summed E-state index contributed by atoms with van der Waals surface area (Å²) in [5.41, 5.74) is 2.65. The van der Waals surface area contributed by atoms with E-state index in [1.54, 1.807) is 12.1 Å². The van der Waals surface area contributed by atoms with Gasteiger partial charge in [0.05, 0.1) is 33.5 Å². The standard InChI is InChI=1S/C25H26ClNO7/c1-31-19-10-14(5-16(26)24(19)30)15-11-22(29)27-17-6-12(7-18(28)23(15)17)13-8-20(32-2)25(34-4)21(9-13)33-3/h5,8-10,12,15,30H,6-7,11H2,1-4H3,(H,27,29). The predicted octanol–water partition coefficient (Wildman–Crippen LogP) is 4.08. The van der Waals surface area contributed by atoms with Crippen LogP contribution in [0.25, 0.3) is 0 Å². The maximum absolute atomic E-state index is 13.4. The number of hydrogen-bond donors (Lipinski definition) is 2. The third-order valence-electron chi connectivity index (χ3n) is 6.37. The molecule has 0 radical (unpaired) electrons. The second-order valence-electron chi connectivity index (χ2n) is 8.24. The molecule has 1 aliphatic heterocycles. The van der Waals surface area contributed by atoms with E-state index < -0.39 is 5.92 Å². The smallest absolute Gasteiger partial charge is 0.225 e. The molecule has 2 unspecified atom stereocenters. The number of hydrogen-bond acceptors (Lipinski definition) is 7. The summed E-state index contributed by atoms with van der Waals surface area (Å²) < 4.78 is 21.5. The van der Waals surface area contributed by atoms with Crippen molar-refractivity contribution in [3.63, 3.8) is 0 Å². The van der Waals surface area contributed by atoms with E-state index in [2.05, 4.69) is 5.32 Å². The fourth-order valence-corrected chi connectivity index (χ4v) is 4.99. The molecule has 2 atom stereocenters. The number of ether oxygens (including phenoxy) is 4. The summed E-state index contributed by atoms with van der Waals surface area (Å²) in [7, 11) is 6.03. The van der Waals surface area contributed by atoms with E-state index in [-0.39, 0.29) is 47.0 Å². The van der Waals surface area contributed by atoms with Crippen molar-refractivity contribution in [1.29, 1.82) is 0 Å². The zero-order valence-electron chi connectivity index (χ0n) is 19.4. The molecule has 2 N–H and O–H groups in total. The molecule has 180 valence electrons. The Labute approximate surface area is 202 Å². The van der Waals surface area contributed by atoms with Crippen molar-refractivity contribution in [2.75, 3.05) is 28.4 Å². The van der Waals surface area contributed by atoms with Gasteiger partial charge in [-0.05, 0) is 47.7 Å². The Kier molecular flexibility index (Phi) is 6.61. The summed E-state index contributed by atoms with van der Waals surface area (Å²) >= 11 is 6.18. The summed E-state index contributed by atoms with van der Waals surface area (Å²) in [5.74, 6) is 0.564. The van der Waals surface area contributed by atoms with Gasteiger partial charge in [-0.2, -0.15) is 0 Å². The highest BCUT2D eigenvalue weighted by atomic mass is 35.5. The highest BCUT2D eigenvalue weighted by Gasteiger charge is 2.39. The van der Waals surface area contributed by atoms with Gasteiger partial charge in [0, 0.05) is 30.0 Å². The number of aromatic hydroxyl groups is 1. The van der Waals surface area contributed by atoms with Crippen LogP contribution in [0.15, 0.2) is 35.5 Å². The Morgan fingerprint density at radius 2 is 1.47 bits per heavy atom. The highest BCUT2D eigenvalue weighted by molar-refractivity contribution is 6.32. The number of methoxy groups -OCH3 is 4. The Hall–Kier alpha value is -3.39. The summed E-state index contributed by atoms with van der Waals surface area (Å²) in [6, 6.07) is 6.86. The first-order chi connectivity index (χ1) is 16.3. The number of Topliss-reactive ketones (excluding diaryl/α,β-unsaturated/α-hetero) is 1. The van der Waals surface area contributed by atoms with Gasteiger partial charge >= 0.3 is 0 Å². The quantitative estimate of drug-likeness (QED) is 0.632. The summed E-state index contributed by atoms with van der Waals surface area (Å²) in [6.45, 7) is 0. The molecule has 4 rings (SSSR count). The third kappa shape index (κ3) is 4.14. The topological polar surface area (TPSA) is 103 Å². The first-order valence-electron chi connectivity index (χ1n) is 10.7. The van der Waals surface area contributed by atoms with Gasteiger partial charge in [-0.25, -0.2) is 0 Å². The van der Waals surface area contributed by atoms with Crippen LogP contribution in [0.1, 0.15) is 42.2 Å². The van der Waals surface area contributed by atoms with Gasteiger partial charge in [0.1, 0.15) is 0 Å². The zero-order chi connectivity index (χ0) is 24.6. The van der Waals surface area contributed by atoms with E-state index in [4.69, 9.17) is 30.5 Å². The minimum absolute atomic E-state index is 0.0619. The normalized spacial score (nSPS) is 19.9. The lowest BCUT2D eigenvalue weighted by molar-refractivity contribution is -0.122. The summed E-state index contributed by atoms with van der Waals surface area (Å²) in [5, 5.41) is 13.1. The highest BCUT2D eigenvalue weighted by Crippen LogP contribution is 2.47. The van der Waals surface area contributed by atoms with E-state index in [0.717, 1.165) is 5.56 Å². The largest absolute Gasteiger partial charge is 0.503 e. The number of allylic oxidation sites excluding steroid dienone is 2. The third-order valence-corrected chi connectivity index (χ3v) is 6.66. The van der Waals surface area contributed by atoms with Crippen molar-refractivity contribution in [3.8, 4) is 28.7 Å². The van der Waals surface area contributed by atoms with Crippen LogP contribution < -0.4 is 24.3 Å². The van der Waals surface area contributed by atoms with Gasteiger partial charge in [0.25, 0.3) is 0 Å². The van der Waals surface area contributed by atoms with Gasteiger partial charge < -0.3 is 29.4 Å². The van der Waals surface area contributed by atoms with Gasteiger partial charge in [0.15, 0.2) is 28.8 Å². The minimum Gasteiger partial charge on any atom is -0.503 e. The molecule has 2 aromatic rings. The first kappa shape index (κ1) is 23.8. The molecule has 0 fully saturated rings. The SMILES string of the molecule is COc1cc(C2CC(=O)NC3=C2C(=O)CC(c2cc(OC)c(OC)c(OC)c2)C3)cc(Cl)c1O. The van der Waals surface area contributed by atoms with Crippen LogP contribution in [0.3, 0.4) is 0 Å². The van der Waals surface area contributed by atoms with Crippen LogP contribution in [-0.2, 0) is 9.59 Å². The maximum Gasteiger partial charge on any atom is 0.225 e. The van der Waals surface area contributed by atoms with Crippen LogP contribution in [0.5, 0.6) is 28.7 Å². The molecule has 0 spiro atoms. The Balaban J connectivity index is 1.75. The van der Waals surface area contributed by atoms with Crippen LogP contribution in [0.2, 0.25) is 5.02 Å². The van der Waals surface area contributed by atoms with Gasteiger partial charge in [-0.15, -0.1) is 0 Å². The van der Waals surface area contributed by atoms with Crippen molar-refractivity contribution in [1.82, 2.24) is 5.32 Å². The first-order valence-corrected chi connectivity index (χ1v) is 11.1. The van der Waals surface area contributed by atoms with Gasteiger partial charge in [-0.1, -0.05) is 11.6 Å². The van der Waals surface area contributed by atoms with Crippen molar-refractivity contribution in [3.05, 3.63) is 51.7 Å². The molecular weight excluding hydrogens is 462 g/mol. The lowest BCUT2D eigenvalue weighted by atomic mass is 9.73. The molecule has 0 saturated heterocycles. The molecule has 34 heavy (non-hydrogen) atoms. The van der Waals surface area contributed by atoms with Crippen molar-refractivity contribution in [2.45, 2.75) is 31.1 Å². The number of halogens is 1. The molecule has 2 aliphatic rings. The molecule has 0 aromatic heterocycles. The molecule has 2 aromatic carbocycles. The maximum atomic E-state index is 13.4. The molecule has 0 saturated carbocycles. The van der Waals surface area contributed by atoms with Crippen molar-refractivity contribution < 1.29 is 33.6 Å². The van der Waals surface area contributed by atoms with E-state index in [0.29, 0.717) is 40.5 Å². The number of amides is 1. The van der Waals surface area contributed by atoms with Crippen LogP contribution in [0, 0.1) is 0 Å². The number of carbonyl (C=O) groups is 2. The number of benzene rings is 2. The lowest BCUT2D eigenvalue weighted by Crippen LogP contribution is -2.38. The molecule has 1 aliphatic carbocycles. The van der Waals surface area contributed by atoms with Gasteiger partial charge in [-0.3, -0.25) is 9.59 Å². The molecular formula is C25H26ClNO7. The second-order valence-corrected chi connectivity index (χ2v) is 8.64. The Morgan fingerprint density at radius 3 is 2.06 bits per heavy atom. The number of carbonyl (C=O) groups excluding carboxylic acids is 2. The fourth-order valence-electron chi connectivity index (χ4n) is 4.77. The average molecular weight is 488 g/mol. The number of phenols is 1. The van der Waals surface area contributed by atoms with Crippen LogP contribution >= 0.6 is 11.6 Å². The average Bonchev–Trinajstić information content (AvgIpc) is 2.83. The number of rotatable bonds is 6. The van der Waals surface area contributed by atoms with E-state index in [1.807, 2.05) is 12.1 Å². The van der Waals surface area contributed by atoms with Gasteiger partial charge in [0.2, 0.25) is 11.7 Å². The van der Waals surface area contributed by atoms with Crippen molar-refractivity contribution in [2.24, 2.45) is 0 Å². The number of phenolic OH excluding ortho intramolecular Hbond substituents is 1. The van der Waals surface area contributed by atoms with E-state index >= 15 is 0 Å². The molecule has 0 bridgehead atoms. The number of ketones is 1. The molecule has 8 nitrogen and oxygen atoms in total. The van der Waals surface area contributed by atoms with Crippen LogP contribution in [-0.4, -0.2) is 45.2 Å². The lowest BCUT2D eigenvalue weighted by Gasteiger charge is -2.35. The van der Waals surface area contributed by atoms with Crippen molar-refractivity contribution >= 4 is 23.3 Å². The number of nitrogens with one attached hydrogen (secondary N) is 1. The van der Waals surface area contributed by atoms with E-state index in [9.17, 15) is 14.7 Å². The Bertz CT molecular complexity index is 1170. The fraction of sp³-hybridized carbons (Fsp3) is 0.360. The summed E-state index contributed by atoms with van der Waals surface area (Å²) in [4.78, 5) is 26.0. The Morgan fingerprint density at radius 1 is 0.853 bits per heavy atom. The minimum atomic E-state index is -0.482. The van der Waals surface area contributed by atoms with Crippen LogP contribution in [0.4, 0.5) is 0 Å². The monoisotopic (exact) mass is 487 g/mol. The second kappa shape index (κ2) is 9.46.